The fourth-order valence-electron chi connectivity index (χ4n) is 6.41. The van der Waals surface area contributed by atoms with Crippen LogP contribution in [0.15, 0.2) is 43.0 Å². The van der Waals surface area contributed by atoms with Crippen molar-refractivity contribution in [2.45, 2.75) is 108 Å². The third-order valence-electron chi connectivity index (χ3n) is 8.23. The van der Waals surface area contributed by atoms with Gasteiger partial charge in [-0.05, 0) is 43.1 Å². The zero-order valence-electron chi connectivity index (χ0n) is 18.0. The first-order valence-electron chi connectivity index (χ1n) is 12.2. The highest BCUT2D eigenvalue weighted by atomic mass is 15.4. The molecule has 0 spiro atoms. The van der Waals surface area contributed by atoms with E-state index < -0.39 is 0 Å². The molecule has 1 nitrogen and oxygen atoms in total. The van der Waals surface area contributed by atoms with Gasteiger partial charge in [-0.25, -0.2) is 0 Å². The van der Waals surface area contributed by atoms with Crippen LogP contribution in [0.4, 0.5) is 0 Å². The molecule has 1 aliphatic heterocycles. The topological polar surface area (TPSA) is 3.01 Å². The Morgan fingerprint density at radius 1 is 0.821 bits per heavy atom. The summed E-state index contributed by atoms with van der Waals surface area (Å²) < 4.78 is 0. The summed E-state index contributed by atoms with van der Waals surface area (Å²) in [5.74, 6) is 1.98. The average Bonchev–Trinajstić information content (AvgIpc) is 3.38. The lowest BCUT2D eigenvalue weighted by atomic mass is 9.79. The molecule has 0 aromatic heterocycles. The van der Waals surface area contributed by atoms with Crippen molar-refractivity contribution in [3.05, 3.63) is 48.6 Å². The zero-order chi connectivity index (χ0) is 19.2. The van der Waals surface area contributed by atoms with Crippen molar-refractivity contribution in [3.63, 3.8) is 0 Å². The van der Waals surface area contributed by atoms with Crippen molar-refractivity contribution in [3.8, 4) is 0 Å². The van der Waals surface area contributed by atoms with Gasteiger partial charge >= 0.3 is 0 Å². The van der Waals surface area contributed by atoms with E-state index in [0.717, 1.165) is 18.4 Å². The van der Waals surface area contributed by atoms with Crippen LogP contribution in [0.1, 0.15) is 95.5 Å². The Balaban J connectivity index is 1.42. The van der Waals surface area contributed by atoms with E-state index in [0.29, 0.717) is 11.6 Å². The Bertz CT molecular complexity index is 572. The van der Waals surface area contributed by atoms with E-state index in [4.69, 9.17) is 0 Å². The van der Waals surface area contributed by atoms with Crippen LogP contribution >= 0.6 is 0 Å². The third kappa shape index (κ3) is 4.73. The molecule has 2 unspecified atom stereocenters. The summed E-state index contributed by atoms with van der Waals surface area (Å²) in [4.78, 5) is 2.79. The van der Waals surface area contributed by atoms with Crippen LogP contribution in [0.25, 0.3) is 0 Å². The van der Waals surface area contributed by atoms with Crippen LogP contribution in [0, 0.1) is 11.8 Å². The fraction of sp³-hybridized carbons (Fsp3) is 0.704. The molecular weight excluding hydrogens is 338 g/mol. The smallest absolute Gasteiger partial charge is 0.0470 e. The molecule has 2 saturated carbocycles. The first kappa shape index (κ1) is 20.2. The van der Waals surface area contributed by atoms with Gasteiger partial charge < -0.3 is 0 Å². The molecule has 1 aromatic rings. The Morgan fingerprint density at radius 2 is 1.36 bits per heavy atom. The van der Waals surface area contributed by atoms with Crippen molar-refractivity contribution in [1.29, 1.82) is 0 Å². The van der Waals surface area contributed by atoms with E-state index in [1.54, 1.807) is 0 Å². The van der Waals surface area contributed by atoms with Crippen molar-refractivity contribution in [2.75, 3.05) is 0 Å². The monoisotopic (exact) mass is 379 g/mol. The average molecular weight is 380 g/mol. The summed E-state index contributed by atoms with van der Waals surface area (Å²) in [5, 5.41) is 0. The van der Waals surface area contributed by atoms with Crippen molar-refractivity contribution in [1.82, 2.24) is 4.90 Å². The summed E-state index contributed by atoms with van der Waals surface area (Å²) in [6, 6.07) is 11.7. The van der Waals surface area contributed by atoms with Gasteiger partial charge in [-0.1, -0.05) is 101 Å². The second-order valence-electron chi connectivity index (χ2n) is 9.98. The summed E-state index contributed by atoms with van der Waals surface area (Å²) in [5.41, 5.74) is 1.87. The van der Waals surface area contributed by atoms with Crippen LogP contribution in [-0.2, 0) is 6.54 Å². The Labute approximate surface area is 173 Å². The van der Waals surface area contributed by atoms with Gasteiger partial charge in [0, 0.05) is 18.1 Å². The first-order valence-corrected chi connectivity index (χ1v) is 12.2. The maximum atomic E-state index is 4.26. The van der Waals surface area contributed by atoms with Gasteiger partial charge in [0.1, 0.15) is 0 Å². The van der Waals surface area contributed by atoms with Gasteiger partial charge in [-0.15, -0.1) is 6.58 Å². The number of hydrogen-bond acceptors (Lipinski definition) is 1. The molecule has 28 heavy (non-hydrogen) atoms. The molecule has 3 aliphatic rings. The molecule has 2 atom stereocenters. The Hall–Kier alpha value is -1.08. The van der Waals surface area contributed by atoms with Crippen LogP contribution in [-0.4, -0.2) is 16.5 Å². The minimum atomic E-state index is 0.409. The molecular formula is C27H41N. The number of nitrogens with zero attached hydrogens (tertiary/aromatic N) is 1. The van der Waals surface area contributed by atoms with Crippen molar-refractivity contribution >= 4 is 0 Å². The SMILES string of the molecule is C=CC1N(Cc2ccccc2)C1(CCC1CCCCC1)CCC1CCCCC1. The standard InChI is InChI=1S/C27H41N/c1-2-26-27(20-18-23-12-6-3-7-13-23,21-19-24-14-8-4-9-15-24)28(26)22-25-16-10-5-11-17-25/h2,5,10-11,16-17,23-24,26H,1,3-4,6-9,12-15,18-22H2. The van der Waals surface area contributed by atoms with E-state index in [1.807, 2.05) is 0 Å². The summed E-state index contributed by atoms with van der Waals surface area (Å²) >= 11 is 0. The number of rotatable bonds is 9. The molecule has 1 heterocycles. The summed E-state index contributed by atoms with van der Waals surface area (Å²) in [6.07, 6.45) is 22.7. The normalized spacial score (nSPS) is 28.1. The molecule has 4 rings (SSSR count). The highest BCUT2D eigenvalue weighted by Gasteiger charge is 2.59. The van der Waals surface area contributed by atoms with Gasteiger partial charge in [0.2, 0.25) is 0 Å². The highest BCUT2D eigenvalue weighted by molar-refractivity contribution is 5.26. The molecule has 154 valence electrons. The molecule has 0 N–H and O–H groups in total. The lowest BCUT2D eigenvalue weighted by Crippen LogP contribution is -2.23. The lowest BCUT2D eigenvalue weighted by Gasteiger charge is -2.27. The van der Waals surface area contributed by atoms with Gasteiger partial charge in [0.25, 0.3) is 0 Å². The van der Waals surface area contributed by atoms with E-state index in [-0.39, 0.29) is 0 Å². The zero-order valence-corrected chi connectivity index (χ0v) is 18.0. The quantitative estimate of drug-likeness (QED) is 0.317. The van der Waals surface area contributed by atoms with Gasteiger partial charge in [0.05, 0.1) is 0 Å². The minimum absolute atomic E-state index is 0.409. The maximum absolute atomic E-state index is 4.26. The summed E-state index contributed by atoms with van der Waals surface area (Å²) in [7, 11) is 0. The second-order valence-corrected chi connectivity index (χ2v) is 9.98. The van der Waals surface area contributed by atoms with E-state index in [2.05, 4.69) is 47.9 Å². The van der Waals surface area contributed by atoms with E-state index in [1.165, 1.54) is 95.5 Å². The minimum Gasteiger partial charge on any atom is -0.283 e. The molecule has 1 saturated heterocycles. The molecule has 0 amide bonds. The Morgan fingerprint density at radius 3 is 1.86 bits per heavy atom. The number of hydrogen-bond donors (Lipinski definition) is 0. The van der Waals surface area contributed by atoms with Crippen LogP contribution in [0.5, 0.6) is 0 Å². The van der Waals surface area contributed by atoms with Gasteiger partial charge in [-0.2, -0.15) is 0 Å². The van der Waals surface area contributed by atoms with E-state index >= 15 is 0 Å². The van der Waals surface area contributed by atoms with Crippen molar-refractivity contribution in [2.24, 2.45) is 11.8 Å². The fourth-order valence-corrected chi connectivity index (χ4v) is 6.41. The van der Waals surface area contributed by atoms with Crippen molar-refractivity contribution < 1.29 is 0 Å². The Kier molecular flexibility index (Phi) is 6.94. The second kappa shape index (κ2) is 9.61. The first-order chi connectivity index (χ1) is 13.8. The van der Waals surface area contributed by atoms with Crippen LogP contribution in [0.3, 0.4) is 0 Å². The van der Waals surface area contributed by atoms with E-state index in [9.17, 15) is 0 Å². The highest BCUT2D eigenvalue weighted by Crippen LogP contribution is 2.52. The molecule has 1 aromatic carbocycles. The largest absolute Gasteiger partial charge is 0.283 e. The predicted octanol–water partition coefficient (Wildman–Crippen LogP) is 7.52. The molecule has 1 heteroatoms. The van der Waals surface area contributed by atoms with Gasteiger partial charge in [-0.3, -0.25) is 4.90 Å². The lowest BCUT2D eigenvalue weighted by molar-refractivity contribution is 0.257. The summed E-state index contributed by atoms with van der Waals surface area (Å²) in [6.45, 7) is 5.36. The van der Waals surface area contributed by atoms with Crippen LogP contribution < -0.4 is 0 Å². The third-order valence-corrected chi connectivity index (χ3v) is 8.23. The molecule has 3 fully saturated rings. The number of benzene rings is 1. The van der Waals surface area contributed by atoms with Gasteiger partial charge in [0.15, 0.2) is 0 Å². The van der Waals surface area contributed by atoms with Crippen LogP contribution in [0.2, 0.25) is 0 Å². The molecule has 0 bridgehead atoms. The molecule has 0 radical (unpaired) electrons. The molecule has 2 aliphatic carbocycles. The predicted molar refractivity (Wildman–Crippen MR) is 120 cm³/mol. The maximum Gasteiger partial charge on any atom is 0.0470 e.